The van der Waals surface area contributed by atoms with Crippen molar-refractivity contribution in [2.45, 2.75) is 0 Å². The number of ether oxygens (including phenoxy) is 2. The van der Waals surface area contributed by atoms with Gasteiger partial charge in [-0.1, -0.05) is 36.4 Å². The van der Waals surface area contributed by atoms with E-state index >= 15 is 0 Å². The molecule has 5 heteroatoms. The summed E-state index contributed by atoms with van der Waals surface area (Å²) in [4.78, 5) is 27.0. The van der Waals surface area contributed by atoms with Crippen LogP contribution in [0.4, 0.5) is 5.69 Å². The van der Waals surface area contributed by atoms with Crippen molar-refractivity contribution < 1.29 is 19.1 Å². The molecule has 0 saturated heterocycles. The van der Waals surface area contributed by atoms with E-state index in [1.165, 1.54) is 4.90 Å². The lowest BCUT2D eigenvalue weighted by Crippen LogP contribution is -2.29. The van der Waals surface area contributed by atoms with Crippen molar-refractivity contribution in [3.63, 3.8) is 0 Å². The number of carbonyl (C=O) groups is 2. The summed E-state index contributed by atoms with van der Waals surface area (Å²) in [5.41, 5.74) is 2.96. The maximum Gasteiger partial charge on any atom is 0.266 e. The molecule has 134 valence electrons. The molecule has 0 saturated carbocycles. The first-order valence-corrected chi connectivity index (χ1v) is 8.45. The molecule has 3 aromatic carbocycles. The molecule has 1 aliphatic rings. The van der Waals surface area contributed by atoms with Crippen LogP contribution < -0.4 is 14.4 Å². The van der Waals surface area contributed by atoms with Crippen LogP contribution in [0.15, 0.2) is 66.7 Å². The summed E-state index contributed by atoms with van der Waals surface area (Å²) in [6.07, 6.45) is 0. The second-order valence-electron chi connectivity index (χ2n) is 6.08. The zero-order valence-corrected chi connectivity index (χ0v) is 14.9. The average Bonchev–Trinajstić information content (AvgIpc) is 2.98. The predicted octanol–water partition coefficient (Wildman–Crippen LogP) is 4.17. The number of anilines is 1. The number of methoxy groups -OCH3 is 2. The third-order valence-electron chi connectivity index (χ3n) is 4.63. The zero-order valence-electron chi connectivity index (χ0n) is 14.9. The topological polar surface area (TPSA) is 55.8 Å². The summed E-state index contributed by atoms with van der Waals surface area (Å²) in [6.45, 7) is 0. The number of nitrogens with zero attached hydrogens (tertiary/aromatic N) is 1. The standard InChI is InChI=1S/C22H17NO4/c1-26-19-12-11-14(13-20(19)27-2)15-7-5-6-10-18(15)23-21(24)16-8-3-4-9-17(16)22(23)25/h3-13H,1-2H3. The van der Waals surface area contributed by atoms with E-state index in [0.29, 0.717) is 28.3 Å². The monoisotopic (exact) mass is 359 g/mol. The molecular weight excluding hydrogens is 342 g/mol. The van der Waals surface area contributed by atoms with Crippen molar-refractivity contribution in [1.29, 1.82) is 0 Å². The van der Waals surface area contributed by atoms with Gasteiger partial charge in [-0.3, -0.25) is 9.59 Å². The van der Waals surface area contributed by atoms with Crippen molar-refractivity contribution in [3.8, 4) is 22.6 Å². The summed E-state index contributed by atoms with van der Waals surface area (Å²) in [6, 6.07) is 19.7. The Morgan fingerprint density at radius 3 is 1.81 bits per heavy atom. The number of benzene rings is 3. The first-order valence-electron chi connectivity index (χ1n) is 8.45. The smallest absolute Gasteiger partial charge is 0.266 e. The summed E-state index contributed by atoms with van der Waals surface area (Å²) in [5.74, 6) is 0.554. The van der Waals surface area contributed by atoms with Crippen molar-refractivity contribution in [2.75, 3.05) is 19.1 Å². The Hall–Kier alpha value is -3.60. The quantitative estimate of drug-likeness (QED) is 0.656. The van der Waals surface area contributed by atoms with E-state index < -0.39 is 0 Å². The van der Waals surface area contributed by atoms with E-state index in [0.717, 1.165) is 11.1 Å². The number of hydrogen-bond donors (Lipinski definition) is 0. The normalized spacial score (nSPS) is 12.9. The maximum atomic E-state index is 12.9. The lowest BCUT2D eigenvalue weighted by atomic mass is 10.0. The third-order valence-corrected chi connectivity index (χ3v) is 4.63. The molecule has 0 N–H and O–H groups in total. The number of rotatable bonds is 4. The molecule has 2 amide bonds. The highest BCUT2D eigenvalue weighted by molar-refractivity contribution is 6.35. The predicted molar refractivity (Wildman–Crippen MR) is 103 cm³/mol. The van der Waals surface area contributed by atoms with Gasteiger partial charge in [0.05, 0.1) is 31.0 Å². The number of para-hydroxylation sites is 1. The first-order chi connectivity index (χ1) is 13.2. The van der Waals surface area contributed by atoms with E-state index in [1.54, 1.807) is 50.6 Å². The van der Waals surface area contributed by atoms with Gasteiger partial charge in [-0.05, 0) is 35.9 Å². The largest absolute Gasteiger partial charge is 0.493 e. The Balaban J connectivity index is 1.84. The van der Waals surface area contributed by atoms with E-state index in [4.69, 9.17) is 9.47 Å². The summed E-state index contributed by atoms with van der Waals surface area (Å²) >= 11 is 0. The van der Waals surface area contributed by atoms with Crippen molar-refractivity contribution >= 4 is 17.5 Å². The van der Waals surface area contributed by atoms with Gasteiger partial charge in [0.2, 0.25) is 0 Å². The van der Waals surface area contributed by atoms with Gasteiger partial charge in [0.1, 0.15) is 0 Å². The molecule has 0 atom stereocenters. The number of imide groups is 1. The average molecular weight is 359 g/mol. The molecule has 1 heterocycles. The Kier molecular flexibility index (Phi) is 4.12. The van der Waals surface area contributed by atoms with Crippen LogP contribution in [0, 0.1) is 0 Å². The van der Waals surface area contributed by atoms with Gasteiger partial charge < -0.3 is 9.47 Å². The number of carbonyl (C=O) groups excluding carboxylic acids is 2. The van der Waals surface area contributed by atoms with Gasteiger partial charge in [0, 0.05) is 5.56 Å². The van der Waals surface area contributed by atoms with Crippen LogP contribution in [0.25, 0.3) is 11.1 Å². The third kappa shape index (κ3) is 2.64. The molecular formula is C22H17NO4. The highest BCUT2D eigenvalue weighted by Gasteiger charge is 2.37. The SMILES string of the molecule is COc1ccc(-c2ccccc2N2C(=O)c3ccccc3C2=O)cc1OC. The molecule has 0 fully saturated rings. The fourth-order valence-electron chi connectivity index (χ4n) is 3.32. The van der Waals surface area contributed by atoms with Crippen LogP contribution in [-0.2, 0) is 0 Å². The molecule has 1 aliphatic heterocycles. The molecule has 4 rings (SSSR count). The Morgan fingerprint density at radius 1 is 0.667 bits per heavy atom. The molecule has 0 spiro atoms. The number of hydrogen-bond acceptors (Lipinski definition) is 4. The summed E-state index contributed by atoms with van der Waals surface area (Å²) in [5, 5.41) is 0. The zero-order chi connectivity index (χ0) is 19.0. The van der Waals surface area contributed by atoms with Crippen LogP contribution in [0.3, 0.4) is 0 Å². The van der Waals surface area contributed by atoms with E-state index in [1.807, 2.05) is 30.3 Å². The first kappa shape index (κ1) is 16.8. The minimum atomic E-state index is -0.316. The van der Waals surface area contributed by atoms with E-state index in [9.17, 15) is 9.59 Å². The summed E-state index contributed by atoms with van der Waals surface area (Å²) < 4.78 is 10.7. The molecule has 0 bridgehead atoms. The van der Waals surface area contributed by atoms with Gasteiger partial charge in [-0.15, -0.1) is 0 Å². The fraction of sp³-hybridized carbons (Fsp3) is 0.0909. The van der Waals surface area contributed by atoms with Crippen molar-refractivity contribution in [3.05, 3.63) is 77.9 Å². The van der Waals surface area contributed by atoms with Crippen LogP contribution in [0.5, 0.6) is 11.5 Å². The van der Waals surface area contributed by atoms with Gasteiger partial charge in [0.25, 0.3) is 11.8 Å². The van der Waals surface area contributed by atoms with Gasteiger partial charge >= 0.3 is 0 Å². The van der Waals surface area contributed by atoms with Crippen LogP contribution in [-0.4, -0.2) is 26.0 Å². The van der Waals surface area contributed by atoms with Gasteiger partial charge in [0.15, 0.2) is 11.5 Å². The minimum absolute atomic E-state index is 0.316. The Bertz CT molecular complexity index is 1020. The van der Waals surface area contributed by atoms with Crippen LogP contribution in [0.2, 0.25) is 0 Å². The highest BCUT2D eigenvalue weighted by atomic mass is 16.5. The minimum Gasteiger partial charge on any atom is -0.493 e. The molecule has 5 nitrogen and oxygen atoms in total. The molecule has 0 aliphatic carbocycles. The lowest BCUT2D eigenvalue weighted by molar-refractivity contribution is 0.0926. The summed E-state index contributed by atoms with van der Waals surface area (Å²) in [7, 11) is 3.14. The van der Waals surface area contributed by atoms with Crippen molar-refractivity contribution in [1.82, 2.24) is 0 Å². The second-order valence-corrected chi connectivity index (χ2v) is 6.08. The number of amides is 2. The molecule has 27 heavy (non-hydrogen) atoms. The van der Waals surface area contributed by atoms with Crippen LogP contribution >= 0.6 is 0 Å². The second kappa shape index (κ2) is 6.61. The molecule has 3 aromatic rings. The lowest BCUT2D eigenvalue weighted by Gasteiger charge is -2.19. The van der Waals surface area contributed by atoms with Crippen LogP contribution in [0.1, 0.15) is 20.7 Å². The van der Waals surface area contributed by atoms with E-state index in [2.05, 4.69) is 0 Å². The fourth-order valence-corrected chi connectivity index (χ4v) is 3.32. The highest BCUT2D eigenvalue weighted by Crippen LogP contribution is 2.39. The van der Waals surface area contributed by atoms with Gasteiger partial charge in [-0.25, -0.2) is 4.90 Å². The Morgan fingerprint density at radius 2 is 1.22 bits per heavy atom. The molecule has 0 unspecified atom stereocenters. The van der Waals surface area contributed by atoms with E-state index in [-0.39, 0.29) is 11.8 Å². The number of fused-ring (bicyclic) bond motifs is 1. The molecule has 0 aromatic heterocycles. The molecule has 0 radical (unpaired) electrons. The maximum absolute atomic E-state index is 12.9. The van der Waals surface area contributed by atoms with Gasteiger partial charge in [-0.2, -0.15) is 0 Å². The Labute approximate surface area is 156 Å². The van der Waals surface area contributed by atoms with Crippen molar-refractivity contribution in [2.24, 2.45) is 0 Å².